The second kappa shape index (κ2) is 6.88. The molecule has 0 bridgehead atoms. The third-order valence-corrected chi connectivity index (χ3v) is 6.51. The molecule has 0 spiro atoms. The molecule has 1 aromatic carbocycles. The third kappa shape index (κ3) is 3.92. The first kappa shape index (κ1) is 15.9. The molecule has 0 heterocycles. The highest BCUT2D eigenvalue weighted by molar-refractivity contribution is 7.59. The molecule has 0 aliphatic heterocycles. The van der Waals surface area contributed by atoms with Gasteiger partial charge in [0.1, 0.15) is 0 Å². The van der Waals surface area contributed by atoms with Crippen molar-refractivity contribution in [2.24, 2.45) is 5.16 Å². The van der Waals surface area contributed by atoms with Crippen molar-refractivity contribution in [2.45, 2.75) is 44.9 Å². The van der Waals surface area contributed by atoms with Crippen LogP contribution >= 0.6 is 7.37 Å². The van der Waals surface area contributed by atoms with Crippen LogP contribution in [0.15, 0.2) is 35.5 Å². The average Bonchev–Trinajstić information content (AvgIpc) is 2.44. The maximum atomic E-state index is 12.7. The highest BCUT2D eigenvalue weighted by Gasteiger charge is 2.36. The fourth-order valence-corrected chi connectivity index (χ4v) is 4.29. The zero-order chi connectivity index (χ0) is 14.5. The molecule has 1 aromatic rings. The summed E-state index contributed by atoms with van der Waals surface area (Å²) < 4.78 is 12.7. The van der Waals surface area contributed by atoms with Crippen LogP contribution in [0.4, 0.5) is 0 Å². The molecule has 0 fully saturated rings. The van der Waals surface area contributed by atoms with Gasteiger partial charge in [0.05, 0.1) is 11.4 Å². The van der Waals surface area contributed by atoms with Crippen molar-refractivity contribution in [3.8, 4) is 0 Å². The highest BCUT2D eigenvalue weighted by atomic mass is 31.2. The van der Waals surface area contributed by atoms with Crippen LogP contribution in [-0.4, -0.2) is 21.5 Å². The van der Waals surface area contributed by atoms with E-state index in [0.29, 0.717) is 18.6 Å². The van der Waals surface area contributed by atoms with Gasteiger partial charge in [-0.05, 0) is 18.9 Å². The number of rotatable bonds is 6. The second-order valence-electron chi connectivity index (χ2n) is 4.90. The molecule has 3 atom stereocenters. The largest absolute Gasteiger partial charge is 0.411 e. The van der Waals surface area contributed by atoms with E-state index in [1.165, 1.54) is 0 Å². The minimum atomic E-state index is -3.37. The van der Waals surface area contributed by atoms with Gasteiger partial charge in [0.15, 0.2) is 0 Å². The van der Waals surface area contributed by atoms with Crippen LogP contribution in [0.1, 0.15) is 44.8 Å². The molecule has 1 rings (SSSR count). The van der Waals surface area contributed by atoms with Crippen molar-refractivity contribution in [3.63, 3.8) is 0 Å². The molecule has 19 heavy (non-hydrogen) atoms. The van der Waals surface area contributed by atoms with Crippen LogP contribution in [0, 0.1) is 0 Å². The number of benzene rings is 1. The van der Waals surface area contributed by atoms with Gasteiger partial charge in [-0.15, -0.1) is 0 Å². The molecule has 0 aromatic heterocycles. The Morgan fingerprint density at radius 3 is 2.42 bits per heavy atom. The van der Waals surface area contributed by atoms with Gasteiger partial charge in [0.2, 0.25) is 7.37 Å². The molecule has 4 nitrogen and oxygen atoms in total. The maximum Gasteiger partial charge on any atom is 0.210 e. The van der Waals surface area contributed by atoms with Crippen molar-refractivity contribution < 1.29 is 14.7 Å². The minimum Gasteiger partial charge on any atom is -0.411 e. The molecule has 0 saturated carbocycles. The topological polar surface area (TPSA) is 69.9 Å². The normalized spacial score (nSPS) is 18.6. The van der Waals surface area contributed by atoms with Gasteiger partial charge in [-0.25, -0.2) is 0 Å². The lowest BCUT2D eigenvalue weighted by molar-refractivity contribution is 0.317. The quantitative estimate of drug-likeness (QED) is 0.358. The lowest BCUT2D eigenvalue weighted by atomic mass is 10.1. The van der Waals surface area contributed by atoms with Gasteiger partial charge in [-0.3, -0.25) is 4.57 Å². The van der Waals surface area contributed by atoms with Gasteiger partial charge in [-0.2, -0.15) is 0 Å². The zero-order valence-corrected chi connectivity index (χ0v) is 12.5. The lowest BCUT2D eigenvalue weighted by Gasteiger charge is -2.27. The Morgan fingerprint density at radius 2 is 1.95 bits per heavy atom. The van der Waals surface area contributed by atoms with Crippen LogP contribution in [0.3, 0.4) is 0 Å². The van der Waals surface area contributed by atoms with Gasteiger partial charge in [0, 0.05) is 12.1 Å². The Hall–Kier alpha value is -1.12. The molecule has 5 heteroatoms. The Kier molecular flexibility index (Phi) is 5.77. The Balaban J connectivity index is 3.17. The van der Waals surface area contributed by atoms with Crippen LogP contribution in [0.5, 0.6) is 0 Å². The maximum absolute atomic E-state index is 12.7. The Morgan fingerprint density at radius 1 is 1.37 bits per heavy atom. The molecule has 3 unspecified atom stereocenters. The SMILES string of the molecule is CCC(C)P(=O)(O)C(CC(C)=NO)c1ccccc1. The summed E-state index contributed by atoms with van der Waals surface area (Å²) in [6.45, 7) is 5.36. The monoisotopic (exact) mass is 283 g/mol. The van der Waals surface area contributed by atoms with Crippen molar-refractivity contribution in [1.29, 1.82) is 0 Å². The Bertz CT molecular complexity index is 473. The van der Waals surface area contributed by atoms with E-state index < -0.39 is 13.0 Å². The fourth-order valence-electron chi connectivity index (χ4n) is 2.03. The van der Waals surface area contributed by atoms with E-state index in [-0.39, 0.29) is 5.66 Å². The first-order valence-corrected chi connectivity index (χ1v) is 8.27. The molecule has 106 valence electrons. The first-order valence-electron chi connectivity index (χ1n) is 6.48. The molecule has 0 aliphatic carbocycles. The first-order chi connectivity index (χ1) is 8.93. The number of oxime groups is 1. The van der Waals surface area contributed by atoms with Crippen molar-refractivity contribution in [2.75, 3.05) is 0 Å². The summed E-state index contributed by atoms with van der Waals surface area (Å²) in [6.07, 6.45) is 0.936. The van der Waals surface area contributed by atoms with E-state index in [1.54, 1.807) is 13.8 Å². The van der Waals surface area contributed by atoms with Gasteiger partial charge in [-0.1, -0.05) is 49.3 Å². The third-order valence-electron chi connectivity index (χ3n) is 3.51. The van der Waals surface area contributed by atoms with Gasteiger partial charge < -0.3 is 10.1 Å². The van der Waals surface area contributed by atoms with E-state index in [0.717, 1.165) is 5.56 Å². The summed E-state index contributed by atoms with van der Waals surface area (Å²) in [7, 11) is -3.37. The molecule has 0 saturated heterocycles. The van der Waals surface area contributed by atoms with E-state index in [4.69, 9.17) is 5.21 Å². The van der Waals surface area contributed by atoms with Crippen molar-refractivity contribution in [1.82, 2.24) is 0 Å². The van der Waals surface area contributed by atoms with Crippen LogP contribution in [-0.2, 0) is 4.57 Å². The van der Waals surface area contributed by atoms with E-state index in [2.05, 4.69) is 5.16 Å². The standard InChI is InChI=1S/C14H22NO3P/c1-4-12(3)19(17,18)14(10-11(2)15-16)13-8-6-5-7-9-13/h5-9,12,14,16H,4,10H2,1-3H3,(H,17,18). The summed E-state index contributed by atoms with van der Waals surface area (Å²) in [5.41, 5.74) is 0.492. The van der Waals surface area contributed by atoms with Crippen molar-refractivity contribution >= 4 is 13.1 Å². The second-order valence-corrected chi connectivity index (χ2v) is 7.75. The van der Waals surface area contributed by atoms with Crippen LogP contribution < -0.4 is 0 Å². The number of nitrogens with zero attached hydrogens (tertiary/aromatic N) is 1. The zero-order valence-electron chi connectivity index (χ0n) is 11.7. The van der Waals surface area contributed by atoms with Gasteiger partial charge >= 0.3 is 0 Å². The van der Waals surface area contributed by atoms with E-state index >= 15 is 0 Å². The molecular formula is C14H22NO3P. The minimum absolute atomic E-state index is 0.274. The molecular weight excluding hydrogens is 261 g/mol. The Labute approximate surface area is 114 Å². The average molecular weight is 283 g/mol. The highest BCUT2D eigenvalue weighted by Crippen LogP contribution is 2.61. The summed E-state index contributed by atoms with van der Waals surface area (Å²) in [5.74, 6) is 0. The van der Waals surface area contributed by atoms with E-state index in [9.17, 15) is 9.46 Å². The molecule has 0 aliphatic rings. The summed E-state index contributed by atoms with van der Waals surface area (Å²) in [6, 6.07) is 9.27. The molecule has 0 amide bonds. The lowest BCUT2D eigenvalue weighted by Crippen LogP contribution is -2.13. The van der Waals surface area contributed by atoms with Gasteiger partial charge in [0.25, 0.3) is 0 Å². The number of hydrogen-bond donors (Lipinski definition) is 2. The molecule has 2 N–H and O–H groups in total. The molecule has 0 radical (unpaired) electrons. The summed E-state index contributed by atoms with van der Waals surface area (Å²) in [4.78, 5) is 10.5. The smallest absolute Gasteiger partial charge is 0.210 e. The fraction of sp³-hybridized carbons (Fsp3) is 0.500. The predicted molar refractivity (Wildman–Crippen MR) is 78.3 cm³/mol. The van der Waals surface area contributed by atoms with Crippen molar-refractivity contribution in [3.05, 3.63) is 35.9 Å². The number of hydrogen-bond acceptors (Lipinski definition) is 3. The predicted octanol–water partition coefficient (Wildman–Crippen LogP) is 4.04. The summed E-state index contributed by atoms with van der Waals surface area (Å²) >= 11 is 0. The van der Waals surface area contributed by atoms with E-state index in [1.807, 2.05) is 37.3 Å². The van der Waals surface area contributed by atoms with Crippen LogP contribution in [0.2, 0.25) is 0 Å². The summed E-state index contributed by atoms with van der Waals surface area (Å²) in [5, 5.41) is 11.9. The van der Waals surface area contributed by atoms with Crippen LogP contribution in [0.25, 0.3) is 0 Å².